The van der Waals surface area contributed by atoms with Crippen molar-refractivity contribution in [3.05, 3.63) is 59.4 Å². The van der Waals surface area contributed by atoms with Crippen molar-refractivity contribution in [3.63, 3.8) is 0 Å². The maximum atomic E-state index is 15.3. The minimum atomic E-state index is -4.38. The lowest BCUT2D eigenvalue weighted by Gasteiger charge is -2.37. The number of hydrogen-bond donors (Lipinski definition) is 1. The number of aromatic nitrogens is 1. The largest absolute Gasteiger partial charge is 0.416 e. The number of halogens is 4. The molecular weight excluding hydrogens is 378 g/mol. The Hall–Kier alpha value is -2.22. The number of aryl methyl sites for hydroxylation is 1. The van der Waals surface area contributed by atoms with Gasteiger partial charge >= 0.3 is 6.18 Å². The fourth-order valence-corrected chi connectivity index (χ4v) is 3.50. The van der Waals surface area contributed by atoms with Crippen LogP contribution in [0.5, 0.6) is 0 Å². The molecule has 0 bridgehead atoms. The van der Waals surface area contributed by atoms with Crippen LogP contribution in [-0.2, 0) is 11.8 Å². The summed E-state index contributed by atoms with van der Waals surface area (Å²) in [5.41, 5.74) is -0.466. The van der Waals surface area contributed by atoms with Gasteiger partial charge in [-0.25, -0.2) is 4.39 Å². The molecule has 1 saturated heterocycles. The molecule has 0 aliphatic carbocycles. The smallest absolute Gasteiger partial charge is 0.349 e. The van der Waals surface area contributed by atoms with Gasteiger partial charge in [0.05, 0.1) is 11.3 Å². The van der Waals surface area contributed by atoms with Gasteiger partial charge in [0.2, 0.25) is 0 Å². The fourth-order valence-electron chi connectivity index (χ4n) is 3.20. The summed E-state index contributed by atoms with van der Waals surface area (Å²) in [6.45, 7) is 2.64. The first-order valence-electron chi connectivity index (χ1n) is 8.53. The van der Waals surface area contributed by atoms with Crippen molar-refractivity contribution in [2.24, 2.45) is 0 Å². The summed E-state index contributed by atoms with van der Waals surface area (Å²) in [6.07, 6.45) is -2.29. The Morgan fingerprint density at radius 2 is 1.78 bits per heavy atom. The normalized spacial score (nSPS) is 16.9. The van der Waals surface area contributed by atoms with Gasteiger partial charge in [-0.05, 0) is 55.0 Å². The maximum Gasteiger partial charge on any atom is 0.416 e. The Morgan fingerprint density at radius 1 is 1.15 bits per heavy atom. The molecule has 0 saturated carbocycles. The van der Waals surface area contributed by atoms with Gasteiger partial charge in [-0.3, -0.25) is 4.98 Å². The van der Waals surface area contributed by atoms with Crippen molar-refractivity contribution in [2.75, 3.05) is 18.4 Å². The Kier molecular flexibility index (Phi) is 5.37. The minimum absolute atomic E-state index is 0.250. The SMILES string of the molecule is Cc1cccnc1C1(F)CCN(C(=S)Nc2ccc(C(F)(F)F)cc2)CC1. The van der Waals surface area contributed by atoms with Crippen molar-refractivity contribution >= 4 is 23.0 Å². The molecule has 1 aliphatic heterocycles. The highest BCUT2D eigenvalue weighted by Crippen LogP contribution is 2.37. The second-order valence-corrected chi connectivity index (χ2v) is 7.01. The lowest BCUT2D eigenvalue weighted by atomic mass is 9.87. The van der Waals surface area contributed by atoms with E-state index in [4.69, 9.17) is 12.2 Å². The van der Waals surface area contributed by atoms with E-state index in [1.165, 1.54) is 12.1 Å². The summed E-state index contributed by atoms with van der Waals surface area (Å²) in [5, 5.41) is 3.29. The Morgan fingerprint density at radius 3 is 2.33 bits per heavy atom. The monoisotopic (exact) mass is 397 g/mol. The molecule has 0 radical (unpaired) electrons. The van der Waals surface area contributed by atoms with E-state index in [0.29, 0.717) is 29.6 Å². The molecule has 3 nitrogen and oxygen atoms in total. The maximum absolute atomic E-state index is 15.3. The third-order valence-corrected chi connectivity index (χ3v) is 5.10. The molecule has 0 unspecified atom stereocenters. The molecule has 0 spiro atoms. The van der Waals surface area contributed by atoms with Crippen LogP contribution in [0.3, 0.4) is 0 Å². The molecule has 2 heterocycles. The second-order valence-electron chi connectivity index (χ2n) is 6.63. The first kappa shape index (κ1) is 19.5. The van der Waals surface area contributed by atoms with Gasteiger partial charge in [-0.2, -0.15) is 13.2 Å². The number of rotatable bonds is 2. The van der Waals surface area contributed by atoms with Gasteiger partial charge in [0.15, 0.2) is 10.8 Å². The van der Waals surface area contributed by atoms with Crippen LogP contribution in [0, 0.1) is 6.92 Å². The Bertz CT molecular complexity index is 812. The number of hydrogen-bond acceptors (Lipinski definition) is 2. The highest BCUT2D eigenvalue weighted by atomic mass is 32.1. The molecule has 1 aromatic carbocycles. The van der Waals surface area contributed by atoms with E-state index < -0.39 is 17.4 Å². The zero-order valence-corrected chi connectivity index (χ0v) is 15.5. The predicted molar refractivity (Wildman–Crippen MR) is 100 cm³/mol. The molecule has 0 atom stereocenters. The molecule has 144 valence electrons. The number of benzene rings is 1. The van der Waals surface area contributed by atoms with Crippen LogP contribution in [0.1, 0.15) is 29.7 Å². The first-order chi connectivity index (χ1) is 12.7. The summed E-state index contributed by atoms with van der Waals surface area (Å²) in [7, 11) is 0. The van der Waals surface area contributed by atoms with E-state index in [9.17, 15) is 13.2 Å². The number of alkyl halides is 4. The van der Waals surface area contributed by atoms with Gasteiger partial charge in [-0.15, -0.1) is 0 Å². The lowest BCUT2D eigenvalue weighted by Crippen LogP contribution is -2.45. The zero-order valence-electron chi connectivity index (χ0n) is 14.7. The summed E-state index contributed by atoms with van der Waals surface area (Å²) in [4.78, 5) is 6.03. The molecular formula is C19H19F4N3S. The number of thiocarbonyl (C=S) groups is 1. The summed E-state index contributed by atoms with van der Waals surface area (Å²) >= 11 is 5.33. The molecule has 2 aromatic rings. The average Bonchev–Trinajstić information content (AvgIpc) is 2.62. The number of nitrogens with zero attached hydrogens (tertiary/aromatic N) is 2. The van der Waals surface area contributed by atoms with Crippen LogP contribution >= 0.6 is 12.2 Å². The third-order valence-electron chi connectivity index (χ3n) is 4.74. The summed E-state index contributed by atoms with van der Waals surface area (Å²) in [5.74, 6) is 0. The number of pyridine rings is 1. The standard InChI is InChI=1S/C19H19F4N3S/c1-13-3-2-10-24-16(13)18(20)8-11-26(12-9-18)17(27)25-15-6-4-14(5-7-15)19(21,22)23/h2-7,10H,8-9,11-12H2,1H3,(H,25,27). The van der Waals surface area contributed by atoms with Crippen molar-refractivity contribution in [1.29, 1.82) is 0 Å². The van der Waals surface area contributed by atoms with Gasteiger partial charge in [0.1, 0.15) is 0 Å². The van der Waals surface area contributed by atoms with Gasteiger partial charge in [0, 0.05) is 37.8 Å². The van der Waals surface area contributed by atoms with Crippen LogP contribution in [0.4, 0.5) is 23.2 Å². The van der Waals surface area contributed by atoms with Crippen molar-refractivity contribution < 1.29 is 17.6 Å². The van der Waals surface area contributed by atoms with E-state index in [-0.39, 0.29) is 12.8 Å². The number of likely N-dealkylation sites (tertiary alicyclic amines) is 1. The minimum Gasteiger partial charge on any atom is -0.349 e. The quantitative estimate of drug-likeness (QED) is 0.566. The van der Waals surface area contributed by atoms with Crippen LogP contribution in [-0.4, -0.2) is 28.1 Å². The van der Waals surface area contributed by atoms with E-state index in [0.717, 1.165) is 17.7 Å². The topological polar surface area (TPSA) is 28.2 Å². The van der Waals surface area contributed by atoms with Crippen LogP contribution in [0.25, 0.3) is 0 Å². The Balaban J connectivity index is 1.61. The molecule has 1 aliphatic rings. The molecule has 8 heteroatoms. The third kappa shape index (κ3) is 4.37. The van der Waals surface area contributed by atoms with Crippen molar-refractivity contribution in [1.82, 2.24) is 9.88 Å². The molecule has 1 N–H and O–H groups in total. The molecule has 0 amide bonds. The predicted octanol–water partition coefficient (Wildman–Crippen LogP) is 5.07. The molecule has 27 heavy (non-hydrogen) atoms. The molecule has 1 aromatic heterocycles. The van der Waals surface area contributed by atoms with Crippen LogP contribution in [0.15, 0.2) is 42.6 Å². The lowest BCUT2D eigenvalue weighted by molar-refractivity contribution is -0.137. The average molecular weight is 397 g/mol. The summed E-state index contributed by atoms with van der Waals surface area (Å²) < 4.78 is 53.2. The van der Waals surface area contributed by atoms with E-state index in [2.05, 4.69) is 10.3 Å². The molecule has 3 rings (SSSR count). The highest BCUT2D eigenvalue weighted by Gasteiger charge is 2.39. The van der Waals surface area contributed by atoms with Crippen molar-refractivity contribution in [2.45, 2.75) is 31.6 Å². The Labute approximate surface area is 160 Å². The van der Waals surface area contributed by atoms with Gasteiger partial charge in [0.25, 0.3) is 0 Å². The van der Waals surface area contributed by atoms with E-state index in [1.54, 1.807) is 12.3 Å². The fraction of sp³-hybridized carbons (Fsp3) is 0.368. The zero-order chi connectivity index (χ0) is 19.7. The molecule has 1 fully saturated rings. The highest BCUT2D eigenvalue weighted by molar-refractivity contribution is 7.80. The second kappa shape index (κ2) is 7.42. The number of anilines is 1. The number of piperidine rings is 1. The number of nitrogens with one attached hydrogen (secondary N) is 1. The van der Waals surface area contributed by atoms with Gasteiger partial charge < -0.3 is 10.2 Å². The first-order valence-corrected chi connectivity index (χ1v) is 8.94. The van der Waals surface area contributed by atoms with E-state index in [1.807, 2.05) is 17.9 Å². The van der Waals surface area contributed by atoms with Crippen molar-refractivity contribution in [3.8, 4) is 0 Å². The van der Waals surface area contributed by atoms with E-state index >= 15 is 4.39 Å². The summed E-state index contributed by atoms with van der Waals surface area (Å²) in [6, 6.07) is 8.27. The van der Waals surface area contributed by atoms with Crippen LogP contribution in [0.2, 0.25) is 0 Å². The van der Waals surface area contributed by atoms with Gasteiger partial charge in [-0.1, -0.05) is 6.07 Å². The van der Waals surface area contributed by atoms with Crippen LogP contribution < -0.4 is 5.32 Å².